The van der Waals surface area contributed by atoms with Crippen LogP contribution >= 0.6 is 11.3 Å². The maximum absolute atomic E-state index is 13.4. The molecule has 5 nitrogen and oxygen atoms in total. The van der Waals surface area contributed by atoms with Crippen LogP contribution in [0, 0.1) is 5.82 Å². The van der Waals surface area contributed by atoms with Crippen LogP contribution in [0.5, 0.6) is 0 Å². The summed E-state index contributed by atoms with van der Waals surface area (Å²) in [4.78, 5) is 16.1. The number of piperazine rings is 1. The Morgan fingerprint density at radius 3 is 2.34 bits per heavy atom. The van der Waals surface area contributed by atoms with Crippen LogP contribution < -0.4 is 14.7 Å². The van der Waals surface area contributed by atoms with Gasteiger partial charge < -0.3 is 14.7 Å². The fraction of sp³-hybridized carbons (Fsp3) is 0.455. The summed E-state index contributed by atoms with van der Waals surface area (Å²) in [5.41, 5.74) is 2.12. The van der Waals surface area contributed by atoms with Crippen LogP contribution in [-0.4, -0.2) is 62.3 Å². The van der Waals surface area contributed by atoms with Gasteiger partial charge in [0.2, 0.25) is 0 Å². The first-order chi connectivity index (χ1) is 14.3. The molecule has 0 radical (unpaired) electrons. The zero-order valence-corrected chi connectivity index (χ0v) is 17.5. The number of nitrogens with one attached hydrogen (secondary N) is 2. The molecule has 2 aliphatic rings. The molecule has 0 atom stereocenters. The van der Waals surface area contributed by atoms with Gasteiger partial charge in [-0.2, -0.15) is 0 Å². The lowest BCUT2D eigenvalue weighted by atomic mass is 10.1. The van der Waals surface area contributed by atoms with Crippen molar-refractivity contribution in [3.63, 3.8) is 0 Å². The number of hydrogen-bond acceptors (Lipinski definition) is 4. The molecule has 0 bridgehead atoms. The second-order valence-corrected chi connectivity index (χ2v) is 9.09. The lowest BCUT2D eigenvalue weighted by molar-refractivity contribution is -0.952. The van der Waals surface area contributed by atoms with E-state index in [-0.39, 0.29) is 5.82 Å². The minimum absolute atomic E-state index is 0.209. The first-order valence-corrected chi connectivity index (χ1v) is 11.6. The van der Waals surface area contributed by atoms with E-state index in [1.165, 1.54) is 51.2 Å². The number of fused-ring (bicyclic) bond motifs is 1. The molecule has 5 rings (SSSR count). The van der Waals surface area contributed by atoms with Gasteiger partial charge in [-0.15, -0.1) is 11.3 Å². The van der Waals surface area contributed by atoms with E-state index in [1.807, 2.05) is 12.1 Å². The van der Waals surface area contributed by atoms with Crippen molar-refractivity contribution in [2.24, 2.45) is 0 Å². The average molecular weight is 414 g/mol. The van der Waals surface area contributed by atoms with Gasteiger partial charge in [-0.05, 0) is 17.7 Å². The molecule has 2 aromatic heterocycles. The highest BCUT2D eigenvalue weighted by atomic mass is 32.1. The predicted molar refractivity (Wildman–Crippen MR) is 115 cm³/mol. The maximum atomic E-state index is 13.4. The van der Waals surface area contributed by atoms with Gasteiger partial charge in [0.1, 0.15) is 35.9 Å². The second-order valence-electron chi connectivity index (χ2n) is 8.23. The zero-order valence-electron chi connectivity index (χ0n) is 16.7. The third-order valence-corrected chi connectivity index (χ3v) is 7.30. The van der Waals surface area contributed by atoms with Crippen LogP contribution in [-0.2, 0) is 0 Å². The molecule has 2 fully saturated rings. The van der Waals surface area contributed by atoms with Crippen molar-refractivity contribution in [3.05, 3.63) is 41.8 Å². The van der Waals surface area contributed by atoms with Crippen molar-refractivity contribution in [1.82, 2.24) is 9.97 Å². The normalized spacial score (nSPS) is 18.7. The molecule has 0 unspecified atom stereocenters. The van der Waals surface area contributed by atoms with Gasteiger partial charge in [0.15, 0.2) is 0 Å². The summed E-state index contributed by atoms with van der Waals surface area (Å²) in [6.07, 6.45) is 4.48. The summed E-state index contributed by atoms with van der Waals surface area (Å²) in [7, 11) is 0. The lowest BCUT2D eigenvalue weighted by Gasteiger charge is -2.33. The van der Waals surface area contributed by atoms with E-state index in [9.17, 15) is 4.39 Å². The number of likely N-dealkylation sites (tertiary alicyclic amines) is 1. The van der Waals surface area contributed by atoms with E-state index in [1.54, 1.807) is 27.5 Å². The predicted octanol–water partition coefficient (Wildman–Crippen LogP) is 0.881. The Labute approximate surface area is 174 Å². The number of anilines is 1. The Balaban J connectivity index is 1.33. The third-order valence-electron chi connectivity index (χ3n) is 6.42. The Morgan fingerprint density at radius 2 is 1.62 bits per heavy atom. The smallest absolute Gasteiger partial charge is 0.141 e. The van der Waals surface area contributed by atoms with Gasteiger partial charge in [0.25, 0.3) is 0 Å². The van der Waals surface area contributed by atoms with Crippen molar-refractivity contribution in [1.29, 1.82) is 0 Å². The Hall–Kier alpha value is -2.09. The van der Waals surface area contributed by atoms with Crippen LogP contribution in [0.2, 0.25) is 0 Å². The number of aromatic nitrogens is 2. The first-order valence-electron chi connectivity index (χ1n) is 10.7. The van der Waals surface area contributed by atoms with Crippen LogP contribution in [0.3, 0.4) is 0 Å². The van der Waals surface area contributed by atoms with Gasteiger partial charge in [-0.25, -0.2) is 14.4 Å². The molecule has 152 valence electrons. The second kappa shape index (κ2) is 8.34. The molecule has 0 aliphatic carbocycles. The number of benzene rings is 1. The molecule has 3 aromatic rings. The molecule has 2 saturated heterocycles. The van der Waals surface area contributed by atoms with Crippen molar-refractivity contribution in [2.45, 2.75) is 12.8 Å². The summed E-state index contributed by atoms with van der Waals surface area (Å²) in [5, 5.41) is 3.23. The number of hydrogen-bond donors (Lipinski definition) is 2. The van der Waals surface area contributed by atoms with Gasteiger partial charge in [0, 0.05) is 23.8 Å². The van der Waals surface area contributed by atoms with Gasteiger partial charge in [-0.1, -0.05) is 12.1 Å². The van der Waals surface area contributed by atoms with Crippen LogP contribution in [0.15, 0.2) is 36.0 Å². The van der Waals surface area contributed by atoms with Crippen molar-refractivity contribution in [2.75, 3.05) is 57.3 Å². The fourth-order valence-electron chi connectivity index (χ4n) is 4.70. The summed E-state index contributed by atoms with van der Waals surface area (Å²) < 4.78 is 13.4. The molecule has 2 N–H and O–H groups in total. The van der Waals surface area contributed by atoms with Gasteiger partial charge >= 0.3 is 0 Å². The molecule has 29 heavy (non-hydrogen) atoms. The SMILES string of the molecule is Fc1ccc(-c2csc3ncnc(N4CC[NH+](CC[NH+]5CCCC5)CC4)c23)cc1. The molecule has 0 spiro atoms. The highest BCUT2D eigenvalue weighted by Gasteiger charge is 2.26. The molecule has 2 aliphatic heterocycles. The van der Waals surface area contributed by atoms with E-state index in [4.69, 9.17) is 0 Å². The minimum atomic E-state index is -0.209. The number of rotatable bonds is 5. The molecule has 4 heterocycles. The Kier molecular flexibility index (Phi) is 5.44. The molecule has 0 amide bonds. The monoisotopic (exact) mass is 413 g/mol. The van der Waals surface area contributed by atoms with E-state index in [2.05, 4.69) is 20.2 Å². The van der Waals surface area contributed by atoms with E-state index >= 15 is 0 Å². The summed E-state index contributed by atoms with van der Waals surface area (Å²) in [6.45, 7) is 9.69. The minimum Gasteiger partial charge on any atom is -0.345 e. The average Bonchev–Trinajstić information content (AvgIpc) is 3.43. The van der Waals surface area contributed by atoms with Crippen molar-refractivity contribution >= 4 is 27.4 Å². The van der Waals surface area contributed by atoms with Crippen LogP contribution in [0.1, 0.15) is 12.8 Å². The van der Waals surface area contributed by atoms with Crippen molar-refractivity contribution < 1.29 is 14.2 Å². The van der Waals surface area contributed by atoms with Crippen LogP contribution in [0.4, 0.5) is 10.2 Å². The highest BCUT2D eigenvalue weighted by molar-refractivity contribution is 7.17. The largest absolute Gasteiger partial charge is 0.345 e. The number of quaternary nitrogens is 2. The molecular weight excluding hydrogens is 385 g/mol. The first kappa shape index (κ1) is 18.9. The van der Waals surface area contributed by atoms with Crippen LogP contribution in [0.25, 0.3) is 21.3 Å². The zero-order chi connectivity index (χ0) is 19.6. The van der Waals surface area contributed by atoms with Gasteiger partial charge in [-0.3, -0.25) is 0 Å². The quantitative estimate of drug-likeness (QED) is 0.652. The molecule has 1 aromatic carbocycles. The van der Waals surface area contributed by atoms with Crippen molar-refractivity contribution in [3.8, 4) is 11.1 Å². The summed E-state index contributed by atoms with van der Waals surface area (Å²) >= 11 is 1.63. The number of thiophene rings is 1. The standard InChI is InChI=1S/C22H26FN5S/c23-18-5-3-17(4-6-18)19-15-29-22-20(19)21(24-16-25-22)28-13-11-27(12-14-28)10-9-26-7-1-2-8-26/h3-6,15-16H,1-2,7-14H2/p+2. The van der Waals surface area contributed by atoms with E-state index in [0.717, 1.165) is 53.3 Å². The Bertz CT molecular complexity index is 959. The maximum Gasteiger partial charge on any atom is 0.141 e. The van der Waals surface area contributed by atoms with Gasteiger partial charge in [0.05, 0.1) is 44.7 Å². The Morgan fingerprint density at radius 1 is 0.931 bits per heavy atom. The molecule has 7 heteroatoms. The fourth-order valence-corrected chi connectivity index (χ4v) is 5.61. The molecule has 0 saturated carbocycles. The summed E-state index contributed by atoms with van der Waals surface area (Å²) in [5.74, 6) is 0.819. The third kappa shape index (κ3) is 3.99. The summed E-state index contributed by atoms with van der Waals surface area (Å²) in [6, 6.07) is 6.73. The van der Waals surface area contributed by atoms with E-state index in [0.29, 0.717) is 0 Å². The highest BCUT2D eigenvalue weighted by Crippen LogP contribution is 2.37. The van der Waals surface area contributed by atoms with E-state index < -0.39 is 0 Å². The lowest BCUT2D eigenvalue weighted by Crippen LogP contribution is -3.21. The molecular formula is C22H28FN5S+2. The topological polar surface area (TPSA) is 37.9 Å². The number of halogens is 1. The number of nitrogens with zero attached hydrogens (tertiary/aromatic N) is 3.